The highest BCUT2D eigenvalue weighted by Crippen LogP contribution is 2.27. The van der Waals surface area contributed by atoms with Crippen molar-refractivity contribution in [2.24, 2.45) is 0 Å². The van der Waals surface area contributed by atoms with Crippen molar-refractivity contribution in [1.29, 1.82) is 0 Å². The lowest BCUT2D eigenvalue weighted by Crippen LogP contribution is -2.51. The number of hydrogen-bond acceptors (Lipinski definition) is 6. The van der Waals surface area contributed by atoms with Crippen LogP contribution in [0, 0.1) is 5.82 Å². The summed E-state index contributed by atoms with van der Waals surface area (Å²) in [6.45, 7) is 2.09. The number of amides is 2. The number of benzene rings is 1. The molecule has 0 unspecified atom stereocenters. The number of methoxy groups -OCH3 is 1. The van der Waals surface area contributed by atoms with E-state index >= 15 is 0 Å². The molecule has 0 spiro atoms. The Bertz CT molecular complexity index is 936. The zero-order valence-corrected chi connectivity index (χ0v) is 17.2. The van der Waals surface area contributed by atoms with E-state index in [1.54, 1.807) is 29.4 Å². The van der Waals surface area contributed by atoms with E-state index in [1.807, 2.05) is 0 Å². The van der Waals surface area contributed by atoms with Crippen molar-refractivity contribution in [2.45, 2.75) is 18.6 Å². The summed E-state index contributed by atoms with van der Waals surface area (Å²) in [5.41, 5.74) is 0.153. The molecule has 2 fully saturated rings. The van der Waals surface area contributed by atoms with Gasteiger partial charge in [0.15, 0.2) is 11.6 Å². The molecule has 2 aliphatic heterocycles. The molecule has 2 aliphatic rings. The molecule has 2 aromatic rings. The minimum atomic E-state index is -0.697. The Hall–Kier alpha value is -3.20. The van der Waals surface area contributed by atoms with E-state index in [9.17, 15) is 14.0 Å². The molecule has 164 valence electrons. The van der Waals surface area contributed by atoms with Crippen LogP contribution in [0.5, 0.6) is 11.5 Å². The van der Waals surface area contributed by atoms with Gasteiger partial charge in [-0.1, -0.05) is 0 Å². The molecular weight excluding hydrogens is 405 g/mol. The van der Waals surface area contributed by atoms with E-state index in [2.05, 4.69) is 4.98 Å². The van der Waals surface area contributed by atoms with Crippen LogP contribution < -0.4 is 9.47 Å². The van der Waals surface area contributed by atoms with Gasteiger partial charge in [0.25, 0.3) is 5.91 Å². The second-order valence-corrected chi connectivity index (χ2v) is 7.42. The maximum atomic E-state index is 14.2. The smallest absolute Gasteiger partial charge is 0.254 e. The molecule has 0 bridgehead atoms. The molecule has 0 saturated carbocycles. The summed E-state index contributed by atoms with van der Waals surface area (Å²) in [7, 11) is 1.36. The van der Waals surface area contributed by atoms with Crippen molar-refractivity contribution in [1.82, 2.24) is 14.8 Å². The van der Waals surface area contributed by atoms with E-state index in [4.69, 9.17) is 14.2 Å². The molecule has 9 heteroatoms. The summed E-state index contributed by atoms with van der Waals surface area (Å²) in [5, 5.41) is 0. The summed E-state index contributed by atoms with van der Waals surface area (Å²) in [4.78, 5) is 33.7. The number of nitrogens with zero attached hydrogens (tertiary/aromatic N) is 3. The zero-order valence-electron chi connectivity index (χ0n) is 17.2. The number of hydrogen-bond donors (Lipinski definition) is 0. The van der Waals surface area contributed by atoms with Crippen molar-refractivity contribution in [3.63, 3.8) is 0 Å². The van der Waals surface area contributed by atoms with Gasteiger partial charge in [0, 0.05) is 31.3 Å². The number of likely N-dealkylation sites (tertiary alicyclic amines) is 1. The van der Waals surface area contributed by atoms with E-state index in [-0.39, 0.29) is 29.9 Å². The highest BCUT2D eigenvalue weighted by Gasteiger charge is 2.43. The third-order valence-electron chi connectivity index (χ3n) is 5.47. The number of carbonyl (C=O) groups excluding carboxylic acids is 2. The van der Waals surface area contributed by atoms with Crippen LogP contribution in [-0.4, -0.2) is 78.7 Å². The average molecular weight is 429 g/mol. The standard InChI is InChI=1S/C22H24FN3O5/c1-29-20-5-4-15(11-18(20)23)21(27)26-14-17(31-16-3-2-6-24-13-16)12-19(26)22(28)25-7-9-30-10-8-25/h2-6,11,13,17,19H,7-10,12,14H2,1H3/t17-,19-/m0/s1. The molecule has 2 amide bonds. The Labute approximate surface area is 179 Å². The first-order valence-corrected chi connectivity index (χ1v) is 10.1. The Balaban J connectivity index is 1.57. The molecule has 0 N–H and O–H groups in total. The average Bonchev–Trinajstić information content (AvgIpc) is 3.23. The fraction of sp³-hybridized carbons (Fsp3) is 0.409. The molecule has 8 nitrogen and oxygen atoms in total. The first-order valence-electron chi connectivity index (χ1n) is 10.1. The zero-order chi connectivity index (χ0) is 21.8. The Morgan fingerprint density at radius 2 is 2.03 bits per heavy atom. The number of ether oxygens (including phenoxy) is 3. The highest BCUT2D eigenvalue weighted by atomic mass is 19.1. The van der Waals surface area contributed by atoms with Crippen LogP contribution in [0.25, 0.3) is 0 Å². The maximum Gasteiger partial charge on any atom is 0.254 e. The monoisotopic (exact) mass is 429 g/mol. The fourth-order valence-electron chi connectivity index (χ4n) is 3.91. The molecule has 2 saturated heterocycles. The van der Waals surface area contributed by atoms with E-state index in [1.165, 1.54) is 24.1 Å². The van der Waals surface area contributed by atoms with Crippen LogP contribution in [0.2, 0.25) is 0 Å². The topological polar surface area (TPSA) is 81.2 Å². The molecule has 2 atom stereocenters. The summed E-state index contributed by atoms with van der Waals surface area (Å²) >= 11 is 0. The third-order valence-corrected chi connectivity index (χ3v) is 5.47. The second-order valence-electron chi connectivity index (χ2n) is 7.42. The summed E-state index contributed by atoms with van der Waals surface area (Å²) in [6.07, 6.45) is 3.18. The van der Waals surface area contributed by atoms with Gasteiger partial charge in [0.1, 0.15) is 17.9 Å². The molecule has 1 aromatic heterocycles. The highest BCUT2D eigenvalue weighted by molar-refractivity contribution is 5.98. The number of halogens is 1. The van der Waals surface area contributed by atoms with Gasteiger partial charge in [-0.25, -0.2) is 4.39 Å². The Morgan fingerprint density at radius 3 is 2.71 bits per heavy atom. The van der Waals surface area contributed by atoms with Crippen LogP contribution in [0.1, 0.15) is 16.8 Å². The lowest BCUT2D eigenvalue weighted by Gasteiger charge is -2.32. The first-order chi connectivity index (χ1) is 15.1. The normalized spacial score (nSPS) is 21.1. The number of pyridine rings is 1. The van der Waals surface area contributed by atoms with Crippen LogP contribution in [0.4, 0.5) is 4.39 Å². The van der Waals surface area contributed by atoms with Gasteiger partial charge >= 0.3 is 0 Å². The third kappa shape index (κ3) is 4.61. The lowest BCUT2D eigenvalue weighted by molar-refractivity contribution is -0.139. The summed E-state index contributed by atoms with van der Waals surface area (Å²) in [5.74, 6) is -0.591. The van der Waals surface area contributed by atoms with Crippen LogP contribution in [-0.2, 0) is 9.53 Å². The Morgan fingerprint density at radius 1 is 1.23 bits per heavy atom. The number of rotatable bonds is 5. The molecular formula is C22H24FN3O5. The van der Waals surface area contributed by atoms with Crippen molar-refractivity contribution < 1.29 is 28.2 Å². The largest absolute Gasteiger partial charge is 0.494 e. The van der Waals surface area contributed by atoms with Gasteiger partial charge in [-0.3, -0.25) is 14.6 Å². The molecule has 0 radical (unpaired) electrons. The van der Waals surface area contributed by atoms with Crippen molar-refractivity contribution in [2.75, 3.05) is 40.0 Å². The summed E-state index contributed by atoms with van der Waals surface area (Å²) < 4.78 is 30.4. The van der Waals surface area contributed by atoms with Gasteiger partial charge in [0.2, 0.25) is 5.91 Å². The van der Waals surface area contributed by atoms with Gasteiger partial charge in [0.05, 0.1) is 33.1 Å². The molecule has 0 aliphatic carbocycles. The molecule has 3 heterocycles. The van der Waals surface area contributed by atoms with Crippen molar-refractivity contribution in [3.05, 3.63) is 54.1 Å². The van der Waals surface area contributed by atoms with E-state index < -0.39 is 17.8 Å². The van der Waals surface area contributed by atoms with Crippen molar-refractivity contribution in [3.8, 4) is 11.5 Å². The first kappa shape index (κ1) is 21.0. The van der Waals surface area contributed by atoms with Crippen LogP contribution in [0.3, 0.4) is 0 Å². The molecule has 4 rings (SSSR count). The van der Waals surface area contributed by atoms with Crippen LogP contribution in [0.15, 0.2) is 42.7 Å². The van der Waals surface area contributed by atoms with Gasteiger partial charge in [-0.05, 0) is 30.3 Å². The minimum absolute atomic E-state index is 0.0525. The van der Waals surface area contributed by atoms with E-state index in [0.717, 1.165) is 6.07 Å². The predicted octanol–water partition coefficient (Wildman–Crippen LogP) is 1.75. The molecule has 31 heavy (non-hydrogen) atoms. The second kappa shape index (κ2) is 9.30. The van der Waals surface area contributed by atoms with Gasteiger partial charge < -0.3 is 24.0 Å². The lowest BCUT2D eigenvalue weighted by atomic mass is 10.1. The molecule has 1 aromatic carbocycles. The van der Waals surface area contributed by atoms with Gasteiger partial charge in [-0.15, -0.1) is 0 Å². The van der Waals surface area contributed by atoms with Gasteiger partial charge in [-0.2, -0.15) is 0 Å². The maximum absolute atomic E-state index is 14.2. The minimum Gasteiger partial charge on any atom is -0.494 e. The fourth-order valence-corrected chi connectivity index (χ4v) is 3.91. The van der Waals surface area contributed by atoms with Crippen molar-refractivity contribution >= 4 is 11.8 Å². The number of morpholine rings is 1. The van der Waals surface area contributed by atoms with E-state index in [0.29, 0.717) is 38.5 Å². The number of carbonyl (C=O) groups is 2. The number of aromatic nitrogens is 1. The SMILES string of the molecule is COc1ccc(C(=O)N2C[C@@H](Oc3cccnc3)C[C@H]2C(=O)N2CCOCC2)cc1F. The van der Waals surface area contributed by atoms with Crippen LogP contribution >= 0.6 is 0 Å². The summed E-state index contributed by atoms with van der Waals surface area (Å²) in [6, 6.07) is 6.86. The predicted molar refractivity (Wildman–Crippen MR) is 108 cm³/mol. The quantitative estimate of drug-likeness (QED) is 0.721. The Kier molecular flexibility index (Phi) is 6.31.